The number of carbonyl (C=O) groups excluding carboxylic acids is 1. The minimum atomic E-state index is 0.294. The molecule has 0 aromatic carbocycles. The average molecular weight is 183 g/mol. The first-order chi connectivity index (χ1) is 6.09. The van der Waals surface area contributed by atoms with Crippen LogP contribution in [-0.2, 0) is 4.79 Å². The summed E-state index contributed by atoms with van der Waals surface area (Å²) in [6, 6.07) is 0. The molecule has 0 aliphatic carbocycles. The molecule has 0 radical (unpaired) electrons. The molecule has 0 unspecified atom stereocenters. The summed E-state index contributed by atoms with van der Waals surface area (Å²) in [4.78, 5) is 13.2. The van der Waals surface area contributed by atoms with Crippen molar-refractivity contribution in [1.29, 1.82) is 0 Å². The number of nitrogens with zero attached hydrogens (tertiary/aromatic N) is 1. The van der Waals surface area contributed by atoms with E-state index in [1.54, 1.807) is 6.92 Å². The van der Waals surface area contributed by atoms with Crippen LogP contribution in [0.4, 0.5) is 0 Å². The Labute approximate surface area is 81.3 Å². The second-order valence-electron chi connectivity index (χ2n) is 4.56. The van der Waals surface area contributed by atoms with Gasteiger partial charge in [0.1, 0.15) is 5.78 Å². The molecule has 0 saturated carbocycles. The van der Waals surface area contributed by atoms with E-state index in [1.165, 1.54) is 12.8 Å². The van der Waals surface area contributed by atoms with Crippen molar-refractivity contribution in [3.63, 3.8) is 0 Å². The molecule has 1 rings (SSSR count). The van der Waals surface area contributed by atoms with E-state index < -0.39 is 0 Å². The Hall–Kier alpha value is -0.370. The molecule has 1 heterocycles. The topological polar surface area (TPSA) is 20.3 Å². The van der Waals surface area contributed by atoms with Crippen molar-refractivity contribution in [3.8, 4) is 0 Å². The molecule has 2 heteroatoms. The number of piperidine rings is 1. The zero-order chi connectivity index (χ0) is 9.84. The van der Waals surface area contributed by atoms with Crippen LogP contribution in [0, 0.1) is 11.8 Å². The highest BCUT2D eigenvalue weighted by atomic mass is 16.1. The largest absolute Gasteiger partial charge is 0.299 e. The zero-order valence-corrected chi connectivity index (χ0v) is 9.05. The van der Waals surface area contributed by atoms with Gasteiger partial charge in [-0.25, -0.2) is 0 Å². The second-order valence-corrected chi connectivity index (χ2v) is 4.56. The molecule has 0 aromatic heterocycles. The standard InChI is InChI=1S/C11H21NO/c1-9(2)11-4-6-12(7-5-11)8-10(3)13/h9,11H,4-8H2,1-3H3. The fourth-order valence-corrected chi connectivity index (χ4v) is 2.09. The minimum Gasteiger partial charge on any atom is -0.299 e. The van der Waals surface area contributed by atoms with Gasteiger partial charge in [0.25, 0.3) is 0 Å². The van der Waals surface area contributed by atoms with Crippen LogP contribution in [0.25, 0.3) is 0 Å². The van der Waals surface area contributed by atoms with Crippen LogP contribution in [0.3, 0.4) is 0 Å². The summed E-state index contributed by atoms with van der Waals surface area (Å²) in [5, 5.41) is 0. The first-order valence-electron chi connectivity index (χ1n) is 5.31. The highest BCUT2D eigenvalue weighted by Gasteiger charge is 2.21. The number of carbonyl (C=O) groups is 1. The van der Waals surface area contributed by atoms with Gasteiger partial charge in [-0.2, -0.15) is 0 Å². The summed E-state index contributed by atoms with van der Waals surface area (Å²) < 4.78 is 0. The Bertz CT molecular complexity index is 169. The van der Waals surface area contributed by atoms with E-state index in [-0.39, 0.29) is 0 Å². The Morgan fingerprint density at radius 3 is 2.31 bits per heavy atom. The predicted octanol–water partition coefficient (Wildman–Crippen LogP) is 1.94. The molecule has 0 bridgehead atoms. The third kappa shape index (κ3) is 3.47. The molecule has 1 aliphatic rings. The second kappa shape index (κ2) is 4.75. The Kier molecular flexibility index (Phi) is 3.91. The van der Waals surface area contributed by atoms with Crippen LogP contribution in [0.15, 0.2) is 0 Å². The highest BCUT2D eigenvalue weighted by molar-refractivity contribution is 5.77. The summed E-state index contributed by atoms with van der Waals surface area (Å²) >= 11 is 0. The van der Waals surface area contributed by atoms with Crippen LogP contribution in [-0.4, -0.2) is 30.3 Å². The molecule has 0 spiro atoms. The lowest BCUT2D eigenvalue weighted by atomic mass is 9.87. The molecule has 0 aromatic rings. The smallest absolute Gasteiger partial charge is 0.143 e. The quantitative estimate of drug-likeness (QED) is 0.666. The molecular weight excluding hydrogens is 162 g/mol. The molecule has 76 valence electrons. The molecule has 0 atom stereocenters. The fraction of sp³-hybridized carbons (Fsp3) is 0.909. The van der Waals surface area contributed by atoms with Gasteiger partial charge in [0.2, 0.25) is 0 Å². The Morgan fingerprint density at radius 2 is 1.92 bits per heavy atom. The molecule has 2 nitrogen and oxygen atoms in total. The molecule has 13 heavy (non-hydrogen) atoms. The highest BCUT2D eigenvalue weighted by Crippen LogP contribution is 2.23. The number of likely N-dealkylation sites (tertiary alicyclic amines) is 1. The van der Waals surface area contributed by atoms with E-state index in [1.807, 2.05) is 0 Å². The van der Waals surface area contributed by atoms with Crippen molar-refractivity contribution in [2.45, 2.75) is 33.6 Å². The summed E-state index contributed by atoms with van der Waals surface area (Å²) in [5.74, 6) is 1.98. The van der Waals surface area contributed by atoms with Crippen molar-refractivity contribution in [1.82, 2.24) is 4.90 Å². The third-order valence-corrected chi connectivity index (χ3v) is 3.02. The number of hydrogen-bond donors (Lipinski definition) is 0. The zero-order valence-electron chi connectivity index (χ0n) is 9.05. The molecule has 0 N–H and O–H groups in total. The molecular formula is C11H21NO. The summed E-state index contributed by atoms with van der Waals surface area (Å²) in [5.41, 5.74) is 0. The van der Waals surface area contributed by atoms with E-state index in [0.29, 0.717) is 12.3 Å². The van der Waals surface area contributed by atoms with E-state index >= 15 is 0 Å². The number of hydrogen-bond acceptors (Lipinski definition) is 2. The van der Waals surface area contributed by atoms with Crippen molar-refractivity contribution in [2.75, 3.05) is 19.6 Å². The van der Waals surface area contributed by atoms with Crippen molar-refractivity contribution >= 4 is 5.78 Å². The summed E-state index contributed by atoms with van der Waals surface area (Å²) in [6.07, 6.45) is 2.54. The lowest BCUT2D eigenvalue weighted by molar-refractivity contribution is -0.118. The van der Waals surface area contributed by atoms with Crippen molar-refractivity contribution in [2.24, 2.45) is 11.8 Å². The van der Waals surface area contributed by atoms with Crippen molar-refractivity contribution < 1.29 is 4.79 Å². The van der Waals surface area contributed by atoms with Gasteiger partial charge in [0.15, 0.2) is 0 Å². The van der Waals surface area contributed by atoms with Crippen LogP contribution < -0.4 is 0 Å². The van der Waals surface area contributed by atoms with Crippen LogP contribution >= 0.6 is 0 Å². The van der Waals surface area contributed by atoms with E-state index in [9.17, 15) is 4.79 Å². The number of rotatable bonds is 3. The maximum absolute atomic E-state index is 10.9. The minimum absolute atomic E-state index is 0.294. The first kappa shape index (κ1) is 10.7. The lowest BCUT2D eigenvalue weighted by Gasteiger charge is -2.33. The number of Topliss-reactive ketones (excluding diaryl/α,β-unsaturated/α-hetero) is 1. The first-order valence-corrected chi connectivity index (χ1v) is 5.31. The third-order valence-electron chi connectivity index (χ3n) is 3.02. The van der Waals surface area contributed by atoms with Gasteiger partial charge in [-0.1, -0.05) is 13.8 Å². The van der Waals surface area contributed by atoms with E-state index in [2.05, 4.69) is 18.7 Å². The maximum atomic E-state index is 10.9. The average Bonchev–Trinajstić information content (AvgIpc) is 2.04. The number of ketones is 1. The molecule has 1 aliphatic heterocycles. The van der Waals surface area contributed by atoms with Gasteiger partial charge in [0, 0.05) is 0 Å². The Balaban J connectivity index is 2.26. The SMILES string of the molecule is CC(=O)CN1CCC(C(C)C)CC1. The van der Waals surface area contributed by atoms with E-state index in [4.69, 9.17) is 0 Å². The van der Waals surface area contributed by atoms with Crippen LogP contribution in [0.1, 0.15) is 33.6 Å². The van der Waals surface area contributed by atoms with Crippen molar-refractivity contribution in [3.05, 3.63) is 0 Å². The van der Waals surface area contributed by atoms with Gasteiger partial charge < -0.3 is 0 Å². The molecule has 1 fully saturated rings. The monoisotopic (exact) mass is 183 g/mol. The van der Waals surface area contributed by atoms with Gasteiger partial charge in [0.05, 0.1) is 6.54 Å². The van der Waals surface area contributed by atoms with Crippen LogP contribution in [0.2, 0.25) is 0 Å². The fourth-order valence-electron chi connectivity index (χ4n) is 2.09. The summed E-state index contributed by atoms with van der Waals surface area (Å²) in [7, 11) is 0. The summed E-state index contributed by atoms with van der Waals surface area (Å²) in [6.45, 7) is 9.15. The lowest BCUT2D eigenvalue weighted by Crippen LogP contribution is -2.37. The van der Waals surface area contributed by atoms with Gasteiger partial charge >= 0.3 is 0 Å². The Morgan fingerprint density at radius 1 is 1.38 bits per heavy atom. The molecule has 1 saturated heterocycles. The van der Waals surface area contributed by atoms with Gasteiger partial charge in [-0.05, 0) is 44.7 Å². The maximum Gasteiger partial charge on any atom is 0.143 e. The van der Waals surface area contributed by atoms with E-state index in [0.717, 1.165) is 24.9 Å². The normalized spacial score (nSPS) is 20.9. The van der Waals surface area contributed by atoms with Gasteiger partial charge in [-0.3, -0.25) is 9.69 Å². The molecule has 0 amide bonds. The van der Waals surface area contributed by atoms with Gasteiger partial charge in [-0.15, -0.1) is 0 Å². The van der Waals surface area contributed by atoms with Crippen LogP contribution in [0.5, 0.6) is 0 Å². The predicted molar refractivity (Wildman–Crippen MR) is 54.7 cm³/mol.